The lowest BCUT2D eigenvalue weighted by molar-refractivity contribution is -0.251. The fourth-order valence-electron chi connectivity index (χ4n) is 4.33. The van der Waals surface area contributed by atoms with Gasteiger partial charge >= 0.3 is 5.97 Å². The number of aliphatic imine (C=N–C) groups is 1. The van der Waals surface area contributed by atoms with E-state index < -0.39 is 18.1 Å². The van der Waals surface area contributed by atoms with Crippen molar-refractivity contribution >= 4 is 17.8 Å². The van der Waals surface area contributed by atoms with Crippen LogP contribution in [0, 0.1) is 5.92 Å². The summed E-state index contributed by atoms with van der Waals surface area (Å²) >= 11 is 0. The van der Waals surface area contributed by atoms with Gasteiger partial charge in [0.2, 0.25) is 0 Å². The zero-order chi connectivity index (χ0) is 24.0. The monoisotopic (exact) mass is 451 g/mol. The Bertz CT molecular complexity index is 972. The molecule has 1 N–H and O–H groups in total. The second kappa shape index (κ2) is 11.1. The molecule has 0 spiro atoms. The zero-order valence-corrected chi connectivity index (χ0v) is 19.5. The number of carbonyl (C=O) groups excluding carboxylic acids is 2. The van der Waals surface area contributed by atoms with Crippen LogP contribution in [0.1, 0.15) is 44.2 Å². The summed E-state index contributed by atoms with van der Waals surface area (Å²) in [5, 5.41) is 15.7. The van der Waals surface area contributed by atoms with Crippen molar-refractivity contribution in [3.8, 4) is 11.1 Å². The summed E-state index contributed by atoms with van der Waals surface area (Å²) < 4.78 is 10.3. The Labute approximate surface area is 194 Å². The van der Waals surface area contributed by atoms with Gasteiger partial charge in [-0.05, 0) is 35.1 Å². The SMILES string of the molecule is COC(=O)C[C@H](CN[C@H](C(C)=O)C(C)C)N=C([O-])OCC1c2ccccc2-c2ccccc21. The van der Waals surface area contributed by atoms with Crippen molar-refractivity contribution in [3.63, 3.8) is 0 Å². The largest absolute Gasteiger partial charge is 0.599 e. The van der Waals surface area contributed by atoms with Crippen LogP contribution in [0.25, 0.3) is 11.1 Å². The van der Waals surface area contributed by atoms with Crippen LogP contribution in [0.2, 0.25) is 0 Å². The number of Topliss-reactive ketones (excluding diaryl/α,β-unsaturated/α-hetero) is 1. The lowest BCUT2D eigenvalue weighted by Crippen LogP contribution is -2.44. The number of methoxy groups -OCH3 is 1. The number of benzene rings is 2. The topological polar surface area (TPSA) is 100 Å². The number of esters is 1. The Morgan fingerprint density at radius 2 is 1.64 bits per heavy atom. The molecule has 0 unspecified atom stereocenters. The zero-order valence-electron chi connectivity index (χ0n) is 19.5. The van der Waals surface area contributed by atoms with E-state index in [1.165, 1.54) is 14.0 Å². The number of carbonyl (C=O) groups is 2. The van der Waals surface area contributed by atoms with Gasteiger partial charge in [0, 0.05) is 19.1 Å². The molecule has 0 aliphatic heterocycles. The molecule has 0 radical (unpaired) electrons. The van der Waals surface area contributed by atoms with Gasteiger partial charge in [0.05, 0.1) is 25.6 Å². The van der Waals surface area contributed by atoms with E-state index in [1.54, 1.807) is 0 Å². The van der Waals surface area contributed by atoms with Crippen LogP contribution >= 0.6 is 0 Å². The van der Waals surface area contributed by atoms with E-state index in [0.29, 0.717) is 0 Å². The first-order valence-electron chi connectivity index (χ1n) is 11.2. The molecule has 0 aromatic heterocycles. The number of ketones is 1. The van der Waals surface area contributed by atoms with E-state index in [-0.39, 0.29) is 43.2 Å². The molecule has 7 heteroatoms. The van der Waals surface area contributed by atoms with Gasteiger partial charge in [-0.25, -0.2) is 0 Å². The van der Waals surface area contributed by atoms with E-state index in [1.807, 2.05) is 50.2 Å². The normalized spacial score (nSPS) is 15.0. The number of nitrogens with zero attached hydrogens (tertiary/aromatic N) is 1. The summed E-state index contributed by atoms with van der Waals surface area (Å²) in [6.45, 7) is 5.70. The highest BCUT2D eigenvalue weighted by Gasteiger charge is 2.27. The molecule has 7 nitrogen and oxygen atoms in total. The highest BCUT2D eigenvalue weighted by atomic mass is 16.6. The molecular weight excluding hydrogens is 420 g/mol. The first-order chi connectivity index (χ1) is 15.8. The molecule has 0 saturated carbocycles. The molecule has 1 aliphatic carbocycles. The van der Waals surface area contributed by atoms with Crippen molar-refractivity contribution in [1.82, 2.24) is 5.32 Å². The Balaban J connectivity index is 1.71. The minimum atomic E-state index is -0.739. The minimum absolute atomic E-state index is 0.0111. The van der Waals surface area contributed by atoms with Gasteiger partial charge in [0.15, 0.2) is 0 Å². The summed E-state index contributed by atoms with van der Waals surface area (Å²) in [4.78, 5) is 27.8. The molecule has 176 valence electrons. The van der Waals surface area contributed by atoms with E-state index in [2.05, 4.69) is 22.4 Å². The second-order valence-corrected chi connectivity index (χ2v) is 8.61. The van der Waals surface area contributed by atoms with Gasteiger partial charge in [0.25, 0.3) is 0 Å². The molecule has 0 bridgehead atoms. The van der Waals surface area contributed by atoms with Crippen LogP contribution < -0.4 is 10.4 Å². The predicted molar refractivity (Wildman–Crippen MR) is 125 cm³/mol. The van der Waals surface area contributed by atoms with E-state index in [4.69, 9.17) is 9.47 Å². The highest BCUT2D eigenvalue weighted by molar-refractivity contribution is 5.81. The average molecular weight is 452 g/mol. The molecule has 0 fully saturated rings. The molecule has 2 aromatic carbocycles. The van der Waals surface area contributed by atoms with Crippen molar-refractivity contribution in [2.75, 3.05) is 20.3 Å². The van der Waals surface area contributed by atoms with Crippen molar-refractivity contribution < 1.29 is 24.2 Å². The number of nitrogens with one attached hydrogen (secondary N) is 1. The number of hydrogen-bond acceptors (Lipinski definition) is 7. The van der Waals surface area contributed by atoms with E-state index >= 15 is 0 Å². The first kappa shape index (κ1) is 24.5. The van der Waals surface area contributed by atoms with E-state index in [0.717, 1.165) is 22.3 Å². The third-order valence-corrected chi connectivity index (χ3v) is 5.93. The smallest absolute Gasteiger partial charge is 0.307 e. The molecule has 3 rings (SSSR count). The van der Waals surface area contributed by atoms with Crippen LogP contribution in [-0.2, 0) is 19.1 Å². The maximum absolute atomic E-state index is 12.6. The van der Waals surface area contributed by atoms with Gasteiger partial charge in [0.1, 0.15) is 11.9 Å². The Morgan fingerprint density at radius 3 is 2.15 bits per heavy atom. The fourth-order valence-corrected chi connectivity index (χ4v) is 4.33. The molecule has 33 heavy (non-hydrogen) atoms. The highest BCUT2D eigenvalue weighted by Crippen LogP contribution is 2.44. The summed E-state index contributed by atoms with van der Waals surface area (Å²) in [5.74, 6) is -0.503. The van der Waals surface area contributed by atoms with Gasteiger partial charge in [-0.3, -0.25) is 14.6 Å². The third kappa shape index (κ3) is 5.99. The predicted octanol–water partition coefficient (Wildman–Crippen LogP) is 2.67. The summed E-state index contributed by atoms with van der Waals surface area (Å²) in [6, 6.07) is 15.1. The average Bonchev–Trinajstić information content (AvgIpc) is 3.11. The lowest BCUT2D eigenvalue weighted by atomic mass is 9.98. The van der Waals surface area contributed by atoms with Crippen molar-refractivity contribution in [2.45, 2.75) is 45.2 Å². The van der Waals surface area contributed by atoms with Crippen LogP contribution in [0.5, 0.6) is 0 Å². The van der Waals surface area contributed by atoms with Gasteiger partial charge in [-0.2, -0.15) is 0 Å². The molecule has 2 aromatic rings. The molecule has 1 aliphatic rings. The summed E-state index contributed by atoms with van der Waals surface area (Å²) in [6.07, 6.45) is -0.826. The van der Waals surface area contributed by atoms with Crippen LogP contribution in [0.4, 0.5) is 0 Å². The number of fused-ring (bicyclic) bond motifs is 3. The second-order valence-electron chi connectivity index (χ2n) is 8.61. The van der Waals surface area contributed by atoms with Gasteiger partial charge in [-0.15, -0.1) is 0 Å². The van der Waals surface area contributed by atoms with Crippen molar-refractivity contribution in [1.29, 1.82) is 0 Å². The number of rotatable bonds is 10. The molecular formula is C26H31N2O5-. The lowest BCUT2D eigenvalue weighted by Gasteiger charge is -2.24. The standard InChI is InChI=1S/C26H32N2O5/c1-16(2)25(17(3)29)27-14-18(13-24(30)32-4)28-26(31)33-15-23-21-11-7-5-9-19(21)20-10-6-8-12-22(20)23/h5-12,16,18,23,25,27H,13-15H2,1-4H3,(H,28,31)/p-1/t18-,25+/m1/s1. The molecule has 0 amide bonds. The summed E-state index contributed by atoms with van der Waals surface area (Å²) in [5.41, 5.74) is 4.51. The number of hydrogen-bond donors (Lipinski definition) is 1. The first-order valence-corrected chi connectivity index (χ1v) is 11.2. The van der Waals surface area contributed by atoms with Crippen LogP contribution in [0.15, 0.2) is 53.5 Å². The number of ether oxygens (including phenoxy) is 2. The Hall–Kier alpha value is -3.19. The van der Waals surface area contributed by atoms with Gasteiger partial charge in [-0.1, -0.05) is 62.4 Å². The quantitative estimate of drug-likeness (QED) is 0.339. The minimum Gasteiger partial charge on any atom is -0.599 e. The van der Waals surface area contributed by atoms with Crippen LogP contribution in [-0.4, -0.2) is 50.2 Å². The maximum atomic E-state index is 12.6. The summed E-state index contributed by atoms with van der Waals surface area (Å²) in [7, 11) is 1.28. The Kier molecular flexibility index (Phi) is 8.22. The maximum Gasteiger partial charge on any atom is 0.307 e. The van der Waals surface area contributed by atoms with Crippen molar-refractivity contribution in [2.24, 2.45) is 10.9 Å². The fraction of sp³-hybridized carbons (Fsp3) is 0.423. The third-order valence-electron chi connectivity index (χ3n) is 5.93. The molecule has 0 saturated heterocycles. The van der Waals surface area contributed by atoms with Crippen LogP contribution in [0.3, 0.4) is 0 Å². The molecule has 0 heterocycles. The molecule has 2 atom stereocenters. The van der Waals surface area contributed by atoms with Crippen molar-refractivity contribution in [3.05, 3.63) is 59.7 Å². The Morgan fingerprint density at radius 1 is 1.06 bits per heavy atom. The van der Waals surface area contributed by atoms with E-state index in [9.17, 15) is 14.7 Å². The van der Waals surface area contributed by atoms with Gasteiger partial charge < -0.3 is 19.9 Å².